The molecule has 0 saturated carbocycles. The number of carbonyl (C=O) groups excluding carboxylic acids is 4. The zero-order valence-electron chi connectivity index (χ0n) is 13.7. The van der Waals surface area contributed by atoms with Crippen molar-refractivity contribution in [2.24, 2.45) is 0 Å². The molecule has 1 heterocycles. The van der Waals surface area contributed by atoms with Crippen LogP contribution in [0.3, 0.4) is 0 Å². The summed E-state index contributed by atoms with van der Waals surface area (Å²) in [7, 11) is 0. The number of ketones is 4. The maximum Gasteiger partial charge on any atom is 0.199 e. The fraction of sp³-hybridized carbons (Fsp3) is 0.235. The highest BCUT2D eigenvalue weighted by molar-refractivity contribution is 6.01. The van der Waals surface area contributed by atoms with Crippen LogP contribution in [0.25, 0.3) is 11.4 Å². The fourth-order valence-electron chi connectivity index (χ4n) is 1.98. The summed E-state index contributed by atoms with van der Waals surface area (Å²) >= 11 is 0. The molecule has 0 aliphatic carbocycles. The maximum absolute atomic E-state index is 11.7. The molecule has 7 heteroatoms. The van der Waals surface area contributed by atoms with Gasteiger partial charge in [-0.2, -0.15) is 0 Å². The van der Waals surface area contributed by atoms with Gasteiger partial charge in [0.1, 0.15) is 0 Å². The minimum Gasteiger partial charge on any atom is -0.295 e. The van der Waals surface area contributed by atoms with Crippen LogP contribution < -0.4 is 0 Å². The molecule has 7 nitrogen and oxygen atoms in total. The Morgan fingerprint density at radius 2 is 1.04 bits per heavy atom. The lowest BCUT2D eigenvalue weighted by Crippen LogP contribution is -2.12. The smallest absolute Gasteiger partial charge is 0.199 e. The van der Waals surface area contributed by atoms with Gasteiger partial charge in [0.15, 0.2) is 40.6 Å². The zero-order valence-corrected chi connectivity index (χ0v) is 13.7. The quantitative estimate of drug-likeness (QED) is 0.776. The summed E-state index contributed by atoms with van der Waals surface area (Å²) < 4.78 is 0. The molecule has 2 rings (SSSR count). The van der Waals surface area contributed by atoms with Crippen LogP contribution in [0.2, 0.25) is 0 Å². The molecule has 0 fully saturated rings. The number of hydrogen-bond acceptors (Lipinski definition) is 7. The first-order valence-corrected chi connectivity index (χ1v) is 7.14. The van der Waals surface area contributed by atoms with Crippen LogP contribution in [-0.4, -0.2) is 38.1 Å². The van der Waals surface area contributed by atoms with Crippen molar-refractivity contribution in [2.75, 3.05) is 0 Å². The van der Waals surface area contributed by atoms with E-state index < -0.39 is 11.6 Å². The van der Waals surface area contributed by atoms with Gasteiger partial charge in [0.25, 0.3) is 0 Å². The summed E-state index contributed by atoms with van der Waals surface area (Å²) in [5.74, 6) is -1.54. The van der Waals surface area contributed by atoms with Crippen molar-refractivity contribution in [3.8, 4) is 11.4 Å². The van der Waals surface area contributed by atoms with Crippen LogP contribution in [0.1, 0.15) is 69.6 Å². The molecule has 0 atom stereocenters. The first-order valence-electron chi connectivity index (χ1n) is 7.14. The third kappa shape index (κ3) is 3.62. The summed E-state index contributed by atoms with van der Waals surface area (Å²) in [6.07, 6.45) is 0. The Morgan fingerprint density at radius 3 is 1.38 bits per heavy atom. The monoisotopic (exact) mass is 325 g/mol. The van der Waals surface area contributed by atoms with E-state index in [1.807, 2.05) is 0 Å². The summed E-state index contributed by atoms with van der Waals surface area (Å²) in [5, 5.41) is 0. The molecule has 0 radical (unpaired) electrons. The van der Waals surface area contributed by atoms with Gasteiger partial charge in [0.05, 0.1) is 0 Å². The molecule has 0 saturated heterocycles. The summed E-state index contributed by atoms with van der Waals surface area (Å²) in [6, 6.07) is 4.50. The number of hydrogen-bond donors (Lipinski definition) is 0. The first kappa shape index (κ1) is 17.3. The Hall–Kier alpha value is -3.09. The average molecular weight is 325 g/mol. The molecule has 122 valence electrons. The van der Waals surface area contributed by atoms with Crippen LogP contribution in [-0.2, 0) is 0 Å². The molecule has 1 aromatic heterocycles. The second kappa shape index (κ2) is 6.57. The van der Waals surface area contributed by atoms with Gasteiger partial charge in [0.2, 0.25) is 0 Å². The van der Waals surface area contributed by atoms with E-state index in [2.05, 4.69) is 15.0 Å². The summed E-state index contributed by atoms with van der Waals surface area (Å²) in [4.78, 5) is 58.4. The molecule has 0 N–H and O–H groups in total. The highest BCUT2D eigenvalue weighted by atomic mass is 16.1. The normalized spacial score (nSPS) is 10.3. The average Bonchev–Trinajstić information content (AvgIpc) is 2.53. The second-order valence-corrected chi connectivity index (χ2v) is 5.33. The van der Waals surface area contributed by atoms with E-state index in [0.717, 1.165) is 0 Å². The van der Waals surface area contributed by atoms with Crippen molar-refractivity contribution in [3.05, 3.63) is 41.0 Å². The number of rotatable bonds is 5. The van der Waals surface area contributed by atoms with Gasteiger partial charge >= 0.3 is 0 Å². The molecule has 0 amide bonds. The third-order valence-corrected chi connectivity index (χ3v) is 3.27. The Balaban J connectivity index is 2.74. The van der Waals surface area contributed by atoms with Gasteiger partial charge in [0, 0.05) is 30.5 Å². The number of carbonyl (C=O) groups is 4. The van der Waals surface area contributed by atoms with E-state index >= 15 is 0 Å². The molecular formula is C17H15N3O4. The van der Waals surface area contributed by atoms with E-state index in [0.29, 0.717) is 16.7 Å². The largest absolute Gasteiger partial charge is 0.295 e. The lowest BCUT2D eigenvalue weighted by Gasteiger charge is -2.07. The SMILES string of the molecule is CC(=O)c1cc(C(C)=O)cc(-c2nc(C(C)=O)nc(C(C)=O)n2)c1. The first-order chi connectivity index (χ1) is 11.2. The molecule has 0 aliphatic heterocycles. The van der Waals surface area contributed by atoms with Crippen molar-refractivity contribution >= 4 is 23.1 Å². The number of Topliss-reactive ketones (excluding diaryl/α,β-unsaturated/α-hetero) is 4. The molecule has 0 aliphatic rings. The van der Waals surface area contributed by atoms with Crippen molar-refractivity contribution in [3.63, 3.8) is 0 Å². The topological polar surface area (TPSA) is 107 Å². The van der Waals surface area contributed by atoms with Crippen LogP contribution >= 0.6 is 0 Å². The van der Waals surface area contributed by atoms with Crippen LogP contribution in [0.15, 0.2) is 18.2 Å². The zero-order chi connectivity index (χ0) is 18.0. The molecule has 1 aromatic carbocycles. The highest BCUT2D eigenvalue weighted by Crippen LogP contribution is 2.21. The van der Waals surface area contributed by atoms with E-state index in [1.54, 1.807) is 0 Å². The van der Waals surface area contributed by atoms with Gasteiger partial charge in [-0.05, 0) is 32.0 Å². The van der Waals surface area contributed by atoms with Crippen molar-refractivity contribution in [1.82, 2.24) is 15.0 Å². The lowest BCUT2D eigenvalue weighted by atomic mass is 10.0. The molecule has 24 heavy (non-hydrogen) atoms. The van der Waals surface area contributed by atoms with Gasteiger partial charge in [-0.15, -0.1) is 0 Å². The minimum absolute atomic E-state index is 0.0611. The number of nitrogens with zero attached hydrogens (tertiary/aromatic N) is 3. The van der Waals surface area contributed by atoms with Gasteiger partial charge in [-0.25, -0.2) is 15.0 Å². The van der Waals surface area contributed by atoms with Gasteiger partial charge in [-0.3, -0.25) is 19.2 Å². The third-order valence-electron chi connectivity index (χ3n) is 3.27. The van der Waals surface area contributed by atoms with Crippen LogP contribution in [0.4, 0.5) is 0 Å². The Morgan fingerprint density at radius 1 is 0.625 bits per heavy atom. The molecule has 0 unspecified atom stereocenters. The number of aromatic nitrogens is 3. The van der Waals surface area contributed by atoms with Gasteiger partial charge in [-0.1, -0.05) is 0 Å². The summed E-state index contributed by atoms with van der Waals surface area (Å²) in [6.45, 7) is 5.29. The van der Waals surface area contributed by atoms with E-state index in [1.165, 1.54) is 45.9 Å². The second-order valence-electron chi connectivity index (χ2n) is 5.33. The standard InChI is InChI=1S/C17H15N3O4/c1-8(21)12-5-13(9(2)22)7-14(6-12)17-19-15(10(3)23)18-16(20-17)11(4)24/h5-7H,1-4H3. The summed E-state index contributed by atoms with van der Waals surface area (Å²) in [5.41, 5.74) is 0.985. The van der Waals surface area contributed by atoms with E-state index in [4.69, 9.17) is 0 Å². The maximum atomic E-state index is 11.7. The van der Waals surface area contributed by atoms with Gasteiger partial charge < -0.3 is 0 Å². The van der Waals surface area contributed by atoms with Crippen LogP contribution in [0.5, 0.6) is 0 Å². The lowest BCUT2D eigenvalue weighted by molar-refractivity contribution is 0.0987. The molecular weight excluding hydrogens is 310 g/mol. The molecule has 0 spiro atoms. The fourth-order valence-corrected chi connectivity index (χ4v) is 1.98. The highest BCUT2D eigenvalue weighted by Gasteiger charge is 2.16. The molecule has 0 bridgehead atoms. The molecule has 2 aromatic rings. The predicted molar refractivity (Wildman–Crippen MR) is 85.3 cm³/mol. The van der Waals surface area contributed by atoms with Crippen molar-refractivity contribution in [2.45, 2.75) is 27.7 Å². The van der Waals surface area contributed by atoms with Crippen LogP contribution in [0, 0.1) is 0 Å². The Kier molecular flexibility index (Phi) is 4.73. The minimum atomic E-state index is -0.421. The Bertz CT molecular complexity index is 749. The van der Waals surface area contributed by atoms with Crippen molar-refractivity contribution in [1.29, 1.82) is 0 Å². The number of benzene rings is 1. The predicted octanol–water partition coefficient (Wildman–Crippen LogP) is 2.35. The van der Waals surface area contributed by atoms with E-state index in [9.17, 15) is 19.2 Å². The van der Waals surface area contributed by atoms with E-state index in [-0.39, 0.29) is 29.0 Å². The van der Waals surface area contributed by atoms with Crippen molar-refractivity contribution < 1.29 is 19.2 Å². The Labute approximate surface area is 138 Å².